The Labute approximate surface area is 120 Å². The maximum absolute atomic E-state index is 10.6. The fraction of sp³-hybridized carbons (Fsp3) is 0.923. The van der Waals surface area contributed by atoms with E-state index < -0.39 is 12.0 Å². The largest absolute Gasteiger partial charge is 0.480 e. The van der Waals surface area contributed by atoms with Gasteiger partial charge in [-0.3, -0.25) is 4.79 Å². The Kier molecular flexibility index (Phi) is 7.96. The molecule has 0 aromatic heterocycles. The topological polar surface area (TPSA) is 81.8 Å². The molecule has 5 nitrogen and oxygen atoms in total. The SMILES string of the molecule is COC(C)(C)COC(C)(C)CCSC[C@H](N)C(=O)O. The van der Waals surface area contributed by atoms with Crippen molar-refractivity contribution in [1.29, 1.82) is 0 Å². The van der Waals surface area contributed by atoms with Crippen LogP contribution in [0, 0.1) is 0 Å². The fourth-order valence-corrected chi connectivity index (χ4v) is 2.30. The molecule has 0 aromatic rings. The van der Waals surface area contributed by atoms with Crippen molar-refractivity contribution in [2.75, 3.05) is 25.2 Å². The summed E-state index contributed by atoms with van der Waals surface area (Å²) in [5, 5.41) is 8.67. The molecule has 0 fully saturated rings. The van der Waals surface area contributed by atoms with Gasteiger partial charge in [-0.25, -0.2) is 0 Å². The van der Waals surface area contributed by atoms with Crippen LogP contribution < -0.4 is 5.73 Å². The number of ether oxygens (including phenoxy) is 2. The van der Waals surface area contributed by atoms with Gasteiger partial charge in [-0.2, -0.15) is 11.8 Å². The summed E-state index contributed by atoms with van der Waals surface area (Å²) in [6.07, 6.45) is 0.837. The smallest absolute Gasteiger partial charge is 0.321 e. The number of hydrogen-bond donors (Lipinski definition) is 2. The summed E-state index contributed by atoms with van der Waals surface area (Å²) < 4.78 is 11.2. The van der Waals surface area contributed by atoms with Crippen LogP contribution >= 0.6 is 11.8 Å². The second kappa shape index (κ2) is 8.09. The summed E-state index contributed by atoms with van der Waals surface area (Å²) >= 11 is 1.54. The monoisotopic (exact) mass is 293 g/mol. The van der Waals surface area contributed by atoms with Gasteiger partial charge < -0.3 is 20.3 Å². The van der Waals surface area contributed by atoms with Crippen molar-refractivity contribution in [3.05, 3.63) is 0 Å². The van der Waals surface area contributed by atoms with E-state index in [2.05, 4.69) is 0 Å². The summed E-state index contributed by atoms with van der Waals surface area (Å²) in [4.78, 5) is 10.6. The van der Waals surface area contributed by atoms with Gasteiger partial charge in [-0.05, 0) is 39.9 Å². The molecule has 0 radical (unpaired) electrons. The highest BCUT2D eigenvalue weighted by Crippen LogP contribution is 2.21. The normalized spacial score (nSPS) is 14.4. The van der Waals surface area contributed by atoms with Crippen molar-refractivity contribution in [2.45, 2.75) is 51.4 Å². The van der Waals surface area contributed by atoms with Crippen LogP contribution in [0.2, 0.25) is 0 Å². The van der Waals surface area contributed by atoms with Crippen LogP contribution in [0.5, 0.6) is 0 Å². The summed E-state index contributed by atoms with van der Waals surface area (Å²) in [5.41, 5.74) is 4.88. The maximum Gasteiger partial charge on any atom is 0.321 e. The van der Waals surface area contributed by atoms with Crippen molar-refractivity contribution in [3.63, 3.8) is 0 Å². The molecule has 1 atom stereocenters. The summed E-state index contributed by atoms with van der Waals surface area (Å²) in [5.74, 6) is 0.293. The molecule has 0 amide bonds. The van der Waals surface area contributed by atoms with Gasteiger partial charge in [0.1, 0.15) is 6.04 Å². The van der Waals surface area contributed by atoms with Gasteiger partial charge in [0.25, 0.3) is 0 Å². The molecule has 6 heteroatoms. The number of methoxy groups -OCH3 is 1. The van der Waals surface area contributed by atoms with E-state index in [-0.39, 0.29) is 11.2 Å². The maximum atomic E-state index is 10.6. The molecule has 0 saturated carbocycles. The van der Waals surface area contributed by atoms with Gasteiger partial charge in [-0.15, -0.1) is 0 Å². The van der Waals surface area contributed by atoms with Gasteiger partial charge in [0.15, 0.2) is 0 Å². The first kappa shape index (κ1) is 18.7. The van der Waals surface area contributed by atoms with Crippen LogP contribution in [0.1, 0.15) is 34.1 Å². The molecule has 0 saturated heterocycles. The Morgan fingerprint density at radius 2 is 1.89 bits per heavy atom. The summed E-state index contributed by atoms with van der Waals surface area (Å²) in [7, 11) is 1.67. The van der Waals surface area contributed by atoms with Gasteiger partial charge in [0, 0.05) is 12.9 Å². The van der Waals surface area contributed by atoms with E-state index in [9.17, 15) is 4.79 Å². The first-order valence-corrected chi connectivity index (χ1v) is 7.50. The molecule has 0 heterocycles. The number of carboxylic acid groups (broad SMARTS) is 1. The molecular formula is C13H27NO4S. The average Bonchev–Trinajstić information content (AvgIpc) is 2.32. The standard InChI is InChI=1S/C13H27NO4S/c1-12(2,18-9-13(3,4)17-5)6-7-19-8-10(14)11(15)16/h10H,6-9,14H2,1-5H3,(H,15,16)/t10-/m0/s1. The fourth-order valence-electron chi connectivity index (χ4n) is 1.10. The Balaban J connectivity index is 3.88. The van der Waals surface area contributed by atoms with Crippen LogP contribution in [0.15, 0.2) is 0 Å². The highest BCUT2D eigenvalue weighted by atomic mass is 32.2. The van der Waals surface area contributed by atoms with Gasteiger partial charge >= 0.3 is 5.97 Å². The molecule has 19 heavy (non-hydrogen) atoms. The molecule has 0 aliphatic rings. The number of thioether (sulfide) groups is 1. The minimum absolute atomic E-state index is 0.254. The van der Waals surface area contributed by atoms with E-state index in [4.69, 9.17) is 20.3 Å². The minimum Gasteiger partial charge on any atom is -0.480 e. The van der Waals surface area contributed by atoms with Crippen molar-refractivity contribution >= 4 is 17.7 Å². The predicted octanol–water partition coefficient (Wildman–Crippen LogP) is 1.74. The lowest BCUT2D eigenvalue weighted by Crippen LogP contribution is -2.36. The van der Waals surface area contributed by atoms with Crippen LogP contribution in [-0.4, -0.2) is 53.5 Å². The lowest BCUT2D eigenvalue weighted by Gasteiger charge is -2.31. The molecule has 0 aromatic carbocycles. The molecular weight excluding hydrogens is 266 g/mol. The molecule has 0 rings (SSSR count). The lowest BCUT2D eigenvalue weighted by molar-refractivity contribution is -0.137. The summed E-state index contributed by atoms with van der Waals surface area (Å²) in [6, 6.07) is -0.790. The second-order valence-electron chi connectivity index (χ2n) is 5.78. The van der Waals surface area contributed by atoms with E-state index in [1.807, 2.05) is 27.7 Å². The van der Waals surface area contributed by atoms with Gasteiger partial charge in [-0.1, -0.05) is 0 Å². The molecule has 0 aliphatic carbocycles. The first-order valence-electron chi connectivity index (χ1n) is 6.35. The van der Waals surface area contributed by atoms with E-state index in [1.165, 1.54) is 11.8 Å². The molecule has 0 spiro atoms. The predicted molar refractivity (Wildman–Crippen MR) is 78.7 cm³/mol. The lowest BCUT2D eigenvalue weighted by atomic mass is 10.1. The second-order valence-corrected chi connectivity index (χ2v) is 6.93. The van der Waals surface area contributed by atoms with Crippen molar-refractivity contribution in [1.82, 2.24) is 0 Å². The van der Waals surface area contributed by atoms with Crippen LogP contribution in [-0.2, 0) is 14.3 Å². The van der Waals surface area contributed by atoms with E-state index in [1.54, 1.807) is 7.11 Å². The number of aliphatic carboxylic acids is 1. The molecule has 114 valence electrons. The average molecular weight is 293 g/mol. The number of hydrogen-bond acceptors (Lipinski definition) is 5. The highest BCUT2D eigenvalue weighted by Gasteiger charge is 2.24. The van der Waals surface area contributed by atoms with E-state index in [0.29, 0.717) is 12.4 Å². The Hall–Kier alpha value is -0.300. The molecule has 0 unspecified atom stereocenters. The van der Waals surface area contributed by atoms with Crippen LogP contribution in [0.3, 0.4) is 0 Å². The minimum atomic E-state index is -0.954. The quantitative estimate of drug-likeness (QED) is 0.597. The number of rotatable bonds is 10. The van der Waals surface area contributed by atoms with Crippen molar-refractivity contribution in [3.8, 4) is 0 Å². The highest BCUT2D eigenvalue weighted by molar-refractivity contribution is 7.99. The van der Waals surface area contributed by atoms with E-state index in [0.717, 1.165) is 12.2 Å². The molecule has 3 N–H and O–H groups in total. The molecule has 0 bridgehead atoms. The zero-order valence-electron chi connectivity index (χ0n) is 12.6. The zero-order valence-corrected chi connectivity index (χ0v) is 13.4. The van der Waals surface area contributed by atoms with Crippen LogP contribution in [0.25, 0.3) is 0 Å². The first-order chi connectivity index (χ1) is 8.59. The van der Waals surface area contributed by atoms with Crippen molar-refractivity contribution < 1.29 is 19.4 Å². The zero-order chi connectivity index (χ0) is 15.1. The third-order valence-corrected chi connectivity index (χ3v) is 3.91. The number of carbonyl (C=O) groups is 1. The van der Waals surface area contributed by atoms with Crippen LogP contribution in [0.4, 0.5) is 0 Å². The summed E-state index contributed by atoms with van der Waals surface area (Å²) in [6.45, 7) is 8.52. The van der Waals surface area contributed by atoms with Gasteiger partial charge in [0.05, 0.1) is 17.8 Å². The van der Waals surface area contributed by atoms with Gasteiger partial charge in [0.2, 0.25) is 0 Å². The Bertz CT molecular complexity index is 282. The number of carboxylic acids is 1. The Morgan fingerprint density at radius 1 is 1.32 bits per heavy atom. The third-order valence-electron chi connectivity index (χ3n) is 2.83. The number of nitrogens with two attached hydrogens (primary N) is 1. The van der Waals surface area contributed by atoms with Crippen molar-refractivity contribution in [2.24, 2.45) is 5.73 Å². The van der Waals surface area contributed by atoms with E-state index >= 15 is 0 Å². The Morgan fingerprint density at radius 3 is 2.37 bits per heavy atom. The molecule has 0 aliphatic heterocycles. The third kappa shape index (κ3) is 9.27.